The van der Waals surface area contributed by atoms with Crippen molar-refractivity contribution >= 4 is 17.4 Å². The fraction of sp³-hybridized carbons (Fsp3) is 0.429. The molecule has 0 bridgehead atoms. The van der Waals surface area contributed by atoms with Gasteiger partial charge in [0.05, 0.1) is 20.2 Å². The summed E-state index contributed by atoms with van der Waals surface area (Å²) in [6.45, 7) is 4.41. The molecule has 1 amide bonds. The Morgan fingerprint density at radius 2 is 1.96 bits per heavy atom. The minimum atomic E-state index is -0.165. The summed E-state index contributed by atoms with van der Waals surface area (Å²) in [5, 5.41) is 2.83. The van der Waals surface area contributed by atoms with Crippen LogP contribution < -0.4 is 10.1 Å². The Labute approximate surface area is 160 Å². The summed E-state index contributed by atoms with van der Waals surface area (Å²) in [4.78, 5) is 26.7. The Balaban J connectivity index is 1.57. The number of ether oxygens (including phenoxy) is 1. The first kappa shape index (κ1) is 19.2. The van der Waals surface area contributed by atoms with Gasteiger partial charge in [0.2, 0.25) is 5.91 Å². The van der Waals surface area contributed by atoms with E-state index in [9.17, 15) is 9.59 Å². The van der Waals surface area contributed by atoms with Crippen molar-refractivity contribution < 1.29 is 14.3 Å². The molecule has 1 aliphatic carbocycles. The van der Waals surface area contributed by atoms with Crippen molar-refractivity contribution in [2.24, 2.45) is 0 Å². The lowest BCUT2D eigenvalue weighted by atomic mass is 10.1. The van der Waals surface area contributed by atoms with Crippen LogP contribution >= 0.6 is 0 Å². The Hall–Kier alpha value is -2.60. The quantitative estimate of drug-likeness (QED) is 0.726. The third-order valence-electron chi connectivity index (χ3n) is 4.88. The number of anilines is 1. The first-order valence-corrected chi connectivity index (χ1v) is 9.23. The third kappa shape index (κ3) is 4.57. The first-order chi connectivity index (χ1) is 12.9. The maximum absolute atomic E-state index is 12.7. The number of aryl methyl sites for hydroxylation is 1. The minimum absolute atomic E-state index is 0.0479. The van der Waals surface area contributed by atoms with Gasteiger partial charge < -0.3 is 14.6 Å². The first-order valence-electron chi connectivity index (χ1n) is 9.23. The normalized spacial score (nSPS) is 13.7. The lowest BCUT2D eigenvalue weighted by Gasteiger charge is -2.16. The molecule has 0 atom stereocenters. The number of ketones is 1. The van der Waals surface area contributed by atoms with Crippen molar-refractivity contribution in [3.8, 4) is 5.75 Å². The van der Waals surface area contributed by atoms with E-state index in [0.29, 0.717) is 17.5 Å². The lowest BCUT2D eigenvalue weighted by Crippen LogP contribution is -2.34. The van der Waals surface area contributed by atoms with E-state index in [1.165, 1.54) is 12.8 Å². The molecular weight excluding hydrogens is 342 g/mol. The van der Waals surface area contributed by atoms with E-state index >= 15 is 0 Å². The van der Waals surface area contributed by atoms with Crippen LogP contribution in [0.3, 0.4) is 0 Å². The van der Waals surface area contributed by atoms with E-state index in [4.69, 9.17) is 4.74 Å². The van der Waals surface area contributed by atoms with E-state index in [2.05, 4.69) is 9.88 Å². The third-order valence-corrected chi connectivity index (χ3v) is 4.88. The van der Waals surface area contributed by atoms with Crippen molar-refractivity contribution in [2.45, 2.75) is 32.7 Å². The smallest absolute Gasteiger partial charge is 0.238 e. The Morgan fingerprint density at radius 1 is 1.22 bits per heavy atom. The van der Waals surface area contributed by atoms with Crippen LogP contribution in [0.1, 0.15) is 40.6 Å². The van der Waals surface area contributed by atoms with Gasteiger partial charge in [-0.3, -0.25) is 14.5 Å². The summed E-state index contributed by atoms with van der Waals surface area (Å²) in [5.41, 5.74) is 3.61. The van der Waals surface area contributed by atoms with Crippen LogP contribution in [0.25, 0.3) is 0 Å². The molecule has 1 N–H and O–H groups in total. The van der Waals surface area contributed by atoms with E-state index < -0.39 is 0 Å². The predicted octanol–water partition coefficient (Wildman–Crippen LogP) is 3.20. The molecule has 1 saturated carbocycles. The molecule has 144 valence electrons. The largest absolute Gasteiger partial charge is 0.497 e. The number of hydrogen-bond donors (Lipinski definition) is 1. The number of amides is 1. The molecule has 27 heavy (non-hydrogen) atoms. The monoisotopic (exact) mass is 369 g/mol. The Bertz CT molecular complexity index is 852. The average molecular weight is 369 g/mol. The van der Waals surface area contributed by atoms with E-state index in [1.807, 2.05) is 32.0 Å². The van der Waals surface area contributed by atoms with Gasteiger partial charge in [0.25, 0.3) is 0 Å². The van der Waals surface area contributed by atoms with Crippen molar-refractivity contribution in [1.82, 2.24) is 9.47 Å². The van der Waals surface area contributed by atoms with Crippen LogP contribution in [0.15, 0.2) is 30.3 Å². The molecule has 1 aromatic heterocycles. The van der Waals surface area contributed by atoms with E-state index in [0.717, 1.165) is 17.0 Å². The molecule has 1 heterocycles. The summed E-state index contributed by atoms with van der Waals surface area (Å²) in [6, 6.07) is 9.72. The summed E-state index contributed by atoms with van der Waals surface area (Å²) in [6.07, 6.45) is 2.38. The van der Waals surface area contributed by atoms with Crippen molar-refractivity contribution in [3.63, 3.8) is 0 Å². The fourth-order valence-corrected chi connectivity index (χ4v) is 3.49. The molecule has 6 heteroatoms. The van der Waals surface area contributed by atoms with Gasteiger partial charge in [-0.15, -0.1) is 0 Å². The zero-order valence-corrected chi connectivity index (χ0v) is 16.4. The van der Waals surface area contributed by atoms with Gasteiger partial charge >= 0.3 is 0 Å². The van der Waals surface area contributed by atoms with Crippen LogP contribution in [0, 0.1) is 13.8 Å². The molecule has 2 aromatic rings. The molecule has 0 radical (unpaired) electrons. The number of nitrogens with one attached hydrogen (secondary N) is 1. The van der Waals surface area contributed by atoms with Crippen LogP contribution in [-0.4, -0.2) is 48.4 Å². The van der Waals surface area contributed by atoms with E-state index in [-0.39, 0.29) is 24.8 Å². The zero-order valence-electron chi connectivity index (χ0n) is 16.4. The second kappa shape index (κ2) is 7.96. The van der Waals surface area contributed by atoms with Crippen molar-refractivity contribution in [1.29, 1.82) is 0 Å². The van der Waals surface area contributed by atoms with Crippen molar-refractivity contribution in [2.75, 3.05) is 32.6 Å². The molecule has 0 saturated heterocycles. The number of benzene rings is 1. The molecule has 3 rings (SSSR count). The molecule has 0 unspecified atom stereocenters. The van der Waals surface area contributed by atoms with Gasteiger partial charge in [0, 0.05) is 34.7 Å². The van der Waals surface area contributed by atoms with Gasteiger partial charge in [-0.25, -0.2) is 0 Å². The van der Waals surface area contributed by atoms with Gasteiger partial charge in [-0.1, -0.05) is 6.07 Å². The predicted molar refractivity (Wildman–Crippen MR) is 106 cm³/mol. The number of carbonyl (C=O) groups is 2. The highest BCUT2D eigenvalue weighted by molar-refractivity contribution is 5.99. The highest BCUT2D eigenvalue weighted by atomic mass is 16.5. The second-order valence-electron chi connectivity index (χ2n) is 7.26. The van der Waals surface area contributed by atoms with Gasteiger partial charge in [-0.05, 0) is 51.9 Å². The molecular formula is C21H27N3O3. The molecule has 1 aromatic carbocycles. The molecule has 1 fully saturated rings. The average Bonchev–Trinajstić information content (AvgIpc) is 3.39. The highest BCUT2D eigenvalue weighted by Gasteiger charge is 2.28. The van der Waals surface area contributed by atoms with Crippen molar-refractivity contribution in [3.05, 3.63) is 47.3 Å². The minimum Gasteiger partial charge on any atom is -0.497 e. The molecule has 0 spiro atoms. The van der Waals surface area contributed by atoms with Crippen LogP contribution in [0.4, 0.5) is 5.69 Å². The number of aromatic nitrogens is 1. The number of nitrogens with zero attached hydrogens (tertiary/aromatic N) is 2. The van der Waals surface area contributed by atoms with Crippen LogP contribution in [0.5, 0.6) is 5.75 Å². The van der Waals surface area contributed by atoms with Gasteiger partial charge in [-0.2, -0.15) is 0 Å². The molecule has 6 nitrogen and oxygen atoms in total. The fourth-order valence-electron chi connectivity index (χ4n) is 3.49. The lowest BCUT2D eigenvalue weighted by molar-refractivity contribution is -0.116. The highest BCUT2D eigenvalue weighted by Crippen LogP contribution is 2.38. The summed E-state index contributed by atoms with van der Waals surface area (Å²) in [5.74, 6) is 0.566. The number of rotatable bonds is 8. The number of carbonyl (C=O) groups excluding carboxylic acids is 2. The van der Waals surface area contributed by atoms with E-state index in [1.54, 1.807) is 31.2 Å². The Morgan fingerprint density at radius 3 is 2.63 bits per heavy atom. The number of methoxy groups -OCH3 is 1. The SMILES string of the molecule is COc1cccc(NC(=O)CN(C)CC(=O)c2cc(C)n(C3CC3)c2C)c1. The number of likely N-dealkylation sites (N-methyl/N-ethyl adjacent to an activating group) is 1. The summed E-state index contributed by atoms with van der Waals surface area (Å²) < 4.78 is 7.42. The van der Waals surface area contributed by atoms with Crippen LogP contribution in [0.2, 0.25) is 0 Å². The molecule has 1 aliphatic rings. The maximum atomic E-state index is 12.7. The number of Topliss-reactive ketones (excluding diaryl/α,β-unsaturated/α-hetero) is 1. The van der Waals surface area contributed by atoms with Gasteiger partial charge in [0.15, 0.2) is 5.78 Å². The molecule has 0 aliphatic heterocycles. The number of hydrogen-bond acceptors (Lipinski definition) is 4. The van der Waals surface area contributed by atoms with Crippen LogP contribution in [-0.2, 0) is 4.79 Å². The topological polar surface area (TPSA) is 63.6 Å². The standard InChI is InChI=1S/C21H27N3O3/c1-14-10-19(15(2)24(14)17-8-9-17)20(25)12-23(3)13-21(26)22-16-6-5-7-18(11-16)27-4/h5-7,10-11,17H,8-9,12-13H2,1-4H3,(H,22,26). The summed E-state index contributed by atoms with van der Waals surface area (Å²) >= 11 is 0. The second-order valence-corrected chi connectivity index (χ2v) is 7.26. The maximum Gasteiger partial charge on any atom is 0.238 e. The van der Waals surface area contributed by atoms with Gasteiger partial charge in [0.1, 0.15) is 5.75 Å². The Kier molecular flexibility index (Phi) is 5.65. The summed E-state index contributed by atoms with van der Waals surface area (Å²) in [7, 11) is 3.36. The zero-order chi connectivity index (χ0) is 19.6.